The van der Waals surface area contributed by atoms with E-state index in [-0.39, 0.29) is 11.5 Å². The second-order valence-electron chi connectivity index (χ2n) is 9.47. The molecule has 8 nitrogen and oxygen atoms in total. The Labute approximate surface area is 248 Å². The number of benzene rings is 4. The van der Waals surface area contributed by atoms with Gasteiger partial charge >= 0.3 is 12.4 Å². The van der Waals surface area contributed by atoms with Crippen LogP contribution in [0.15, 0.2) is 118 Å². The minimum Gasteiger partial charge on any atom is -0.457 e. The van der Waals surface area contributed by atoms with E-state index in [1.165, 1.54) is 12.1 Å². The van der Waals surface area contributed by atoms with Crippen molar-refractivity contribution >= 4 is 11.4 Å². The molecule has 0 bridgehead atoms. The lowest BCUT2D eigenvalue weighted by molar-refractivity contribution is -0.288. The van der Waals surface area contributed by atoms with Crippen molar-refractivity contribution in [3.63, 3.8) is 0 Å². The molecule has 0 unspecified atom stereocenters. The highest BCUT2D eigenvalue weighted by molar-refractivity contribution is 5.50. The zero-order valence-corrected chi connectivity index (χ0v) is 23.6. The Morgan fingerprint density at radius 3 is 1.34 bits per heavy atom. The molecule has 0 spiro atoms. The fraction of sp³-hybridized carbons (Fsp3) is 0.200. The van der Waals surface area contributed by atoms with E-state index in [2.05, 4.69) is 26.1 Å². The zero-order chi connectivity index (χ0) is 32.0. The van der Waals surface area contributed by atoms with Crippen molar-refractivity contribution in [3.8, 4) is 23.0 Å². The fourth-order valence-corrected chi connectivity index (χ4v) is 4.23. The van der Waals surface area contributed by atoms with Gasteiger partial charge in [0.05, 0.1) is 18.4 Å². The van der Waals surface area contributed by atoms with Gasteiger partial charge in [-0.15, -0.1) is 5.11 Å². The van der Waals surface area contributed by atoms with Crippen molar-refractivity contribution in [2.75, 3.05) is 26.6 Å². The molecule has 0 saturated carbocycles. The first-order valence-corrected chi connectivity index (χ1v) is 12.9. The summed E-state index contributed by atoms with van der Waals surface area (Å²) in [6.07, 6.45) is -11.5. The monoisotopic (exact) mass is 616 g/mol. The molecule has 0 amide bonds. The van der Waals surface area contributed by atoms with Crippen LogP contribution in [0, 0.1) is 0 Å². The van der Waals surface area contributed by atoms with E-state index in [9.17, 15) is 26.3 Å². The fourth-order valence-electron chi connectivity index (χ4n) is 4.23. The topological polar surface area (TPSA) is 83.2 Å². The first kappa shape index (κ1) is 31.8. The average Bonchev–Trinajstić information content (AvgIpc) is 2.97. The predicted octanol–water partition coefficient (Wildman–Crippen LogP) is 9.65. The molecule has 0 aliphatic carbocycles. The van der Waals surface area contributed by atoms with Gasteiger partial charge in [0.2, 0.25) is 5.41 Å². The highest BCUT2D eigenvalue weighted by Crippen LogP contribution is 2.56. The predicted molar refractivity (Wildman–Crippen MR) is 151 cm³/mol. The van der Waals surface area contributed by atoms with Crippen LogP contribution >= 0.6 is 0 Å². The van der Waals surface area contributed by atoms with Crippen molar-refractivity contribution in [1.29, 1.82) is 0 Å². The van der Waals surface area contributed by atoms with Crippen LogP contribution in [0.3, 0.4) is 0 Å². The molecule has 4 rings (SSSR count). The molecule has 0 saturated heterocycles. The number of ether oxygens (including phenoxy) is 2. The van der Waals surface area contributed by atoms with Gasteiger partial charge in [-0.1, -0.05) is 34.7 Å². The highest BCUT2D eigenvalue weighted by Gasteiger charge is 2.72. The molecule has 0 heterocycles. The second-order valence-corrected chi connectivity index (χ2v) is 9.47. The van der Waals surface area contributed by atoms with Crippen LogP contribution in [0.1, 0.15) is 11.1 Å². The smallest absolute Gasteiger partial charge is 0.411 e. The Morgan fingerprint density at radius 1 is 0.591 bits per heavy atom. The summed E-state index contributed by atoms with van der Waals surface area (Å²) in [5.41, 5.74) is -2.61. The Hall–Kier alpha value is -5.14. The highest BCUT2D eigenvalue weighted by atomic mass is 19.4. The number of hydrogen-bond donors (Lipinski definition) is 1. The van der Waals surface area contributed by atoms with Crippen molar-refractivity contribution in [3.05, 3.63) is 108 Å². The summed E-state index contributed by atoms with van der Waals surface area (Å²) in [7, 11) is 4.87. The maximum atomic E-state index is 14.6. The molecule has 0 radical (unpaired) electrons. The van der Waals surface area contributed by atoms with E-state index < -0.39 is 28.9 Å². The summed E-state index contributed by atoms with van der Waals surface area (Å²) in [4.78, 5) is 0. The van der Waals surface area contributed by atoms with E-state index in [0.29, 0.717) is 22.9 Å². The average molecular weight is 617 g/mol. The van der Waals surface area contributed by atoms with Crippen LogP contribution in [-0.4, -0.2) is 38.5 Å². The molecule has 0 aromatic heterocycles. The van der Waals surface area contributed by atoms with Gasteiger partial charge in [0.25, 0.3) is 0 Å². The largest absolute Gasteiger partial charge is 0.457 e. The van der Waals surface area contributed by atoms with E-state index in [1.807, 2.05) is 0 Å². The third kappa shape index (κ3) is 7.07. The summed E-state index contributed by atoms with van der Waals surface area (Å²) < 4.78 is 98.8. The SMILES string of the molecule is CN=NNc1ccc(Oc2ccc(C(c3ccc(Oc4ccc(N=NN(C)C)cc4)cc3)(C(F)(F)F)C(F)(F)F)cc2)cc1. The summed E-state index contributed by atoms with van der Waals surface area (Å²) >= 11 is 0. The summed E-state index contributed by atoms with van der Waals surface area (Å²) in [6.45, 7) is 0. The van der Waals surface area contributed by atoms with Crippen LogP contribution in [0.25, 0.3) is 0 Å². The van der Waals surface area contributed by atoms with Gasteiger partial charge in [0, 0.05) is 14.1 Å². The Balaban J connectivity index is 1.61. The first-order valence-electron chi connectivity index (χ1n) is 12.9. The second kappa shape index (κ2) is 13.0. The van der Waals surface area contributed by atoms with Gasteiger partial charge in [0.15, 0.2) is 0 Å². The quantitative estimate of drug-likeness (QED) is 0.109. The number of anilines is 1. The summed E-state index contributed by atoms with van der Waals surface area (Å²) in [5, 5.41) is 16.5. The third-order valence-corrected chi connectivity index (χ3v) is 6.21. The van der Waals surface area contributed by atoms with Crippen LogP contribution in [0.2, 0.25) is 0 Å². The van der Waals surface area contributed by atoms with Crippen molar-refractivity contribution in [1.82, 2.24) is 5.01 Å². The molecule has 4 aromatic rings. The summed E-state index contributed by atoms with van der Waals surface area (Å²) in [6, 6.07) is 19.8. The lowest BCUT2D eigenvalue weighted by atomic mass is 9.73. The van der Waals surface area contributed by atoms with Gasteiger partial charge in [0.1, 0.15) is 23.0 Å². The van der Waals surface area contributed by atoms with E-state index in [4.69, 9.17) is 9.47 Å². The third-order valence-electron chi connectivity index (χ3n) is 6.21. The number of halogens is 6. The maximum Gasteiger partial charge on any atom is 0.411 e. The minimum absolute atomic E-state index is 0.0393. The zero-order valence-electron chi connectivity index (χ0n) is 23.6. The molecular weight excluding hydrogens is 590 g/mol. The Kier molecular flexibility index (Phi) is 9.40. The number of rotatable bonds is 10. The molecule has 14 heteroatoms. The lowest BCUT2D eigenvalue weighted by Gasteiger charge is -2.38. The minimum atomic E-state index is -5.74. The van der Waals surface area contributed by atoms with Gasteiger partial charge in [-0.2, -0.15) is 31.5 Å². The van der Waals surface area contributed by atoms with E-state index in [0.717, 1.165) is 48.5 Å². The lowest BCUT2D eigenvalue weighted by Crippen LogP contribution is -2.54. The van der Waals surface area contributed by atoms with Crippen molar-refractivity contribution in [2.24, 2.45) is 20.7 Å². The summed E-state index contributed by atoms with van der Waals surface area (Å²) in [5.74, 6) is 0.682. The molecule has 0 atom stereocenters. The molecule has 0 aliphatic rings. The molecule has 0 fully saturated rings. The molecule has 44 heavy (non-hydrogen) atoms. The van der Waals surface area contributed by atoms with Gasteiger partial charge < -0.3 is 9.47 Å². The first-order chi connectivity index (χ1) is 20.8. The van der Waals surface area contributed by atoms with Crippen LogP contribution in [0.5, 0.6) is 23.0 Å². The van der Waals surface area contributed by atoms with Crippen LogP contribution in [-0.2, 0) is 5.41 Å². The standard InChI is InChI=1S/C30H26F6N6O2/c1-37-40-38-22-8-16-26(17-9-22)43-24-12-4-20(5-13-24)28(29(31,32)33,30(34,35)36)21-6-14-25(15-7-21)44-27-18-10-23(11-19-27)39-41-42(2)3/h4-19H,1-3H3,(H,37,38). The van der Waals surface area contributed by atoms with Gasteiger partial charge in [-0.25, -0.2) is 0 Å². The molecule has 0 aliphatic heterocycles. The number of alkyl halides is 6. The number of hydrogen-bond acceptors (Lipinski definition) is 6. The molecule has 1 N–H and O–H groups in total. The maximum absolute atomic E-state index is 14.6. The molecular formula is C30H26F6N6O2. The van der Waals surface area contributed by atoms with Crippen LogP contribution in [0.4, 0.5) is 37.7 Å². The Morgan fingerprint density at radius 2 is 0.977 bits per heavy atom. The van der Waals surface area contributed by atoms with Crippen LogP contribution < -0.4 is 14.9 Å². The van der Waals surface area contributed by atoms with Crippen molar-refractivity contribution < 1.29 is 35.8 Å². The van der Waals surface area contributed by atoms with Crippen molar-refractivity contribution in [2.45, 2.75) is 17.8 Å². The Bertz CT molecular complexity index is 1560. The normalized spacial score (nSPS) is 12.5. The molecule has 230 valence electrons. The number of nitrogens with one attached hydrogen (secondary N) is 1. The van der Waals surface area contributed by atoms with Gasteiger partial charge in [-0.3, -0.25) is 10.4 Å². The molecule has 4 aromatic carbocycles. The van der Waals surface area contributed by atoms with E-state index in [1.54, 1.807) is 62.6 Å². The number of nitrogens with zero attached hydrogens (tertiary/aromatic N) is 5. The van der Waals surface area contributed by atoms with Gasteiger partial charge in [-0.05, 0) is 83.9 Å². The van der Waals surface area contributed by atoms with E-state index >= 15 is 0 Å².